The Morgan fingerprint density at radius 2 is 2.20 bits per heavy atom. The van der Waals surface area contributed by atoms with Crippen LogP contribution in [0.15, 0.2) is 24.5 Å². The molecule has 2 heterocycles. The lowest BCUT2D eigenvalue weighted by atomic mass is 10.1. The van der Waals surface area contributed by atoms with E-state index in [-0.39, 0.29) is 11.9 Å². The van der Waals surface area contributed by atoms with E-state index in [1.54, 1.807) is 24.5 Å². The molecule has 4 nitrogen and oxygen atoms in total. The fourth-order valence-corrected chi connectivity index (χ4v) is 1.87. The summed E-state index contributed by atoms with van der Waals surface area (Å²) >= 11 is 0. The van der Waals surface area contributed by atoms with Gasteiger partial charge in [0.05, 0.1) is 0 Å². The molecule has 1 saturated heterocycles. The number of carbonyl (C=O) groups excluding carboxylic acids is 1. The highest BCUT2D eigenvalue weighted by molar-refractivity contribution is 5.94. The van der Waals surface area contributed by atoms with Crippen molar-refractivity contribution in [3.05, 3.63) is 30.1 Å². The molecule has 0 spiro atoms. The zero-order chi connectivity index (χ0) is 10.7. The summed E-state index contributed by atoms with van der Waals surface area (Å²) in [5, 5.41) is 0. The first-order chi connectivity index (χ1) is 7.27. The topological polar surface area (TPSA) is 59.2 Å². The maximum atomic E-state index is 12.0. The summed E-state index contributed by atoms with van der Waals surface area (Å²) in [5.41, 5.74) is 6.53. The zero-order valence-corrected chi connectivity index (χ0v) is 8.60. The van der Waals surface area contributed by atoms with Gasteiger partial charge in [-0.15, -0.1) is 0 Å². The molecule has 4 heteroatoms. The molecular formula is C11H15N3O. The fourth-order valence-electron chi connectivity index (χ4n) is 1.87. The lowest BCUT2D eigenvalue weighted by molar-refractivity contribution is 0.0708. The van der Waals surface area contributed by atoms with Crippen LogP contribution in [0.3, 0.4) is 0 Å². The van der Waals surface area contributed by atoms with Gasteiger partial charge in [0.15, 0.2) is 0 Å². The van der Waals surface area contributed by atoms with Crippen LogP contribution in [-0.4, -0.2) is 34.9 Å². The van der Waals surface area contributed by atoms with E-state index in [2.05, 4.69) is 4.98 Å². The molecule has 1 aromatic heterocycles. The zero-order valence-electron chi connectivity index (χ0n) is 8.60. The number of carbonyl (C=O) groups is 1. The third kappa shape index (κ3) is 2.33. The van der Waals surface area contributed by atoms with E-state index in [9.17, 15) is 4.79 Å². The number of rotatable bonds is 1. The van der Waals surface area contributed by atoms with Crippen LogP contribution in [0.4, 0.5) is 0 Å². The molecule has 2 rings (SSSR count). The predicted molar refractivity (Wildman–Crippen MR) is 57.3 cm³/mol. The molecule has 1 atom stereocenters. The van der Waals surface area contributed by atoms with E-state index >= 15 is 0 Å². The van der Waals surface area contributed by atoms with Crippen LogP contribution in [0.2, 0.25) is 0 Å². The molecule has 1 fully saturated rings. The van der Waals surface area contributed by atoms with Crippen molar-refractivity contribution in [3.63, 3.8) is 0 Å². The predicted octanol–water partition coefficient (Wildman–Crippen LogP) is 0.645. The van der Waals surface area contributed by atoms with Crippen molar-refractivity contribution in [1.29, 1.82) is 0 Å². The van der Waals surface area contributed by atoms with Gasteiger partial charge in [-0.25, -0.2) is 0 Å². The summed E-state index contributed by atoms with van der Waals surface area (Å²) in [5.74, 6) is 0.0625. The lowest BCUT2D eigenvalue weighted by Gasteiger charge is -2.30. The number of likely N-dealkylation sites (tertiary alicyclic amines) is 1. The maximum absolute atomic E-state index is 12.0. The van der Waals surface area contributed by atoms with Crippen molar-refractivity contribution >= 4 is 5.91 Å². The highest BCUT2D eigenvalue weighted by atomic mass is 16.2. The molecule has 0 saturated carbocycles. The Kier molecular flexibility index (Phi) is 2.97. The molecule has 15 heavy (non-hydrogen) atoms. The van der Waals surface area contributed by atoms with E-state index < -0.39 is 0 Å². The third-order valence-corrected chi connectivity index (χ3v) is 2.67. The van der Waals surface area contributed by atoms with Crippen molar-refractivity contribution in [2.45, 2.75) is 18.9 Å². The molecule has 80 valence electrons. The van der Waals surface area contributed by atoms with Crippen LogP contribution in [0.5, 0.6) is 0 Å². The van der Waals surface area contributed by atoms with Crippen molar-refractivity contribution in [3.8, 4) is 0 Å². The summed E-state index contributed by atoms with van der Waals surface area (Å²) in [6, 6.07) is 3.61. The molecule has 0 aromatic carbocycles. The number of pyridine rings is 1. The Balaban J connectivity index is 2.08. The second-order valence-corrected chi connectivity index (χ2v) is 3.89. The lowest BCUT2D eigenvalue weighted by Crippen LogP contribution is -2.45. The van der Waals surface area contributed by atoms with Gasteiger partial charge in [-0.2, -0.15) is 0 Å². The van der Waals surface area contributed by atoms with E-state index in [1.807, 2.05) is 4.90 Å². The summed E-state index contributed by atoms with van der Waals surface area (Å²) in [4.78, 5) is 17.7. The van der Waals surface area contributed by atoms with Crippen LogP contribution < -0.4 is 5.73 Å². The van der Waals surface area contributed by atoms with Crippen molar-refractivity contribution in [2.24, 2.45) is 5.73 Å². The van der Waals surface area contributed by atoms with Crippen LogP contribution in [0.1, 0.15) is 23.2 Å². The van der Waals surface area contributed by atoms with Gasteiger partial charge >= 0.3 is 0 Å². The largest absolute Gasteiger partial charge is 0.337 e. The van der Waals surface area contributed by atoms with E-state index in [0.29, 0.717) is 12.1 Å². The average molecular weight is 205 g/mol. The molecule has 1 amide bonds. The molecule has 1 aliphatic heterocycles. The monoisotopic (exact) mass is 205 g/mol. The quantitative estimate of drug-likeness (QED) is 0.732. The van der Waals surface area contributed by atoms with Crippen LogP contribution in [0, 0.1) is 0 Å². The minimum atomic E-state index is 0.0625. The van der Waals surface area contributed by atoms with Gasteiger partial charge in [-0.1, -0.05) is 0 Å². The molecule has 1 aromatic rings. The van der Waals surface area contributed by atoms with Gasteiger partial charge in [0.1, 0.15) is 0 Å². The van der Waals surface area contributed by atoms with Crippen molar-refractivity contribution < 1.29 is 4.79 Å². The van der Waals surface area contributed by atoms with Gasteiger partial charge in [0.25, 0.3) is 5.91 Å². The molecule has 2 N–H and O–H groups in total. The first kappa shape index (κ1) is 10.1. The maximum Gasteiger partial charge on any atom is 0.254 e. The van der Waals surface area contributed by atoms with Crippen molar-refractivity contribution in [1.82, 2.24) is 9.88 Å². The van der Waals surface area contributed by atoms with Gasteiger partial charge in [-0.3, -0.25) is 9.78 Å². The number of piperidine rings is 1. The summed E-state index contributed by atoms with van der Waals surface area (Å²) in [6.45, 7) is 1.48. The first-order valence-corrected chi connectivity index (χ1v) is 5.22. The Hall–Kier alpha value is -1.42. The molecular weight excluding hydrogens is 190 g/mol. The summed E-state index contributed by atoms with van der Waals surface area (Å²) < 4.78 is 0. The van der Waals surface area contributed by atoms with Crippen LogP contribution in [-0.2, 0) is 0 Å². The third-order valence-electron chi connectivity index (χ3n) is 2.67. The number of nitrogens with two attached hydrogens (primary N) is 1. The van der Waals surface area contributed by atoms with Crippen LogP contribution in [0.25, 0.3) is 0 Å². The standard InChI is InChI=1S/C11H15N3O/c12-10-2-1-7-14(8-10)11(15)9-3-5-13-6-4-9/h3-6,10H,1-2,7-8,12H2/t10-/m1/s1. The molecule has 0 unspecified atom stereocenters. The van der Waals surface area contributed by atoms with E-state index in [0.717, 1.165) is 19.4 Å². The van der Waals surface area contributed by atoms with Gasteiger partial charge in [-0.05, 0) is 25.0 Å². The second kappa shape index (κ2) is 4.40. The fraction of sp³-hybridized carbons (Fsp3) is 0.455. The number of aromatic nitrogens is 1. The van der Waals surface area contributed by atoms with Gasteiger partial charge in [0, 0.05) is 37.1 Å². The highest BCUT2D eigenvalue weighted by Gasteiger charge is 2.21. The number of amides is 1. The van der Waals surface area contributed by atoms with E-state index in [1.165, 1.54) is 0 Å². The average Bonchev–Trinajstić information content (AvgIpc) is 2.29. The molecule has 0 radical (unpaired) electrons. The minimum Gasteiger partial charge on any atom is -0.337 e. The molecule has 0 bridgehead atoms. The Morgan fingerprint density at radius 3 is 2.87 bits per heavy atom. The number of hydrogen-bond donors (Lipinski definition) is 1. The van der Waals surface area contributed by atoms with Gasteiger partial charge < -0.3 is 10.6 Å². The SMILES string of the molecule is N[C@@H]1CCCN(C(=O)c2ccncc2)C1. The summed E-state index contributed by atoms with van der Waals surface area (Å²) in [7, 11) is 0. The Labute approximate surface area is 89.1 Å². The smallest absolute Gasteiger partial charge is 0.254 e. The number of hydrogen-bond acceptors (Lipinski definition) is 3. The second-order valence-electron chi connectivity index (χ2n) is 3.89. The Morgan fingerprint density at radius 1 is 1.47 bits per heavy atom. The highest BCUT2D eigenvalue weighted by Crippen LogP contribution is 2.11. The molecule has 0 aliphatic carbocycles. The first-order valence-electron chi connectivity index (χ1n) is 5.22. The van der Waals surface area contributed by atoms with E-state index in [4.69, 9.17) is 5.73 Å². The minimum absolute atomic E-state index is 0.0625. The van der Waals surface area contributed by atoms with Gasteiger partial charge in [0.2, 0.25) is 0 Å². The Bertz CT molecular complexity index is 339. The van der Waals surface area contributed by atoms with Crippen molar-refractivity contribution in [2.75, 3.05) is 13.1 Å². The van der Waals surface area contributed by atoms with Crippen LogP contribution >= 0.6 is 0 Å². The summed E-state index contributed by atoms with van der Waals surface area (Å²) in [6.07, 6.45) is 5.28. The molecule has 1 aliphatic rings. The number of nitrogens with zero attached hydrogens (tertiary/aromatic N) is 2. The normalized spacial score (nSPS) is 21.4.